The van der Waals surface area contributed by atoms with Crippen LogP contribution in [0.25, 0.3) is 11.0 Å². The third kappa shape index (κ3) is 5.12. The fraction of sp³-hybridized carbons (Fsp3) is 0.182. The lowest BCUT2D eigenvalue weighted by molar-refractivity contribution is -0.114. The van der Waals surface area contributed by atoms with Crippen LogP contribution in [-0.4, -0.2) is 16.1 Å². The number of carbonyl (C=O) groups is 1. The average molecular weight is 453 g/mol. The number of rotatable bonds is 7. The fourth-order valence-corrected chi connectivity index (χ4v) is 4.91. The number of aromatic nitrogens is 2. The number of hydrogen-bond acceptors (Lipinski definition) is 8. The Morgan fingerprint density at radius 1 is 1.13 bits per heavy atom. The number of aryl methyl sites for hydroxylation is 1. The third-order valence-corrected chi connectivity index (χ3v) is 6.57. The molecule has 31 heavy (non-hydrogen) atoms. The van der Waals surface area contributed by atoms with Crippen molar-refractivity contribution in [2.45, 2.75) is 30.4 Å². The predicted molar refractivity (Wildman–Crippen MR) is 125 cm³/mol. The minimum atomic E-state index is -0.432. The van der Waals surface area contributed by atoms with Gasteiger partial charge < -0.3 is 15.1 Å². The van der Waals surface area contributed by atoms with Gasteiger partial charge in [0.05, 0.1) is 0 Å². The summed E-state index contributed by atoms with van der Waals surface area (Å²) in [5.74, 6) is 0.359. The summed E-state index contributed by atoms with van der Waals surface area (Å²) < 4.78 is 6.12. The van der Waals surface area contributed by atoms with E-state index in [1.165, 1.54) is 41.7 Å². The number of thioether (sulfide) groups is 1. The second-order valence-electron chi connectivity index (χ2n) is 6.78. The Bertz CT molecular complexity index is 1300. The first-order valence-corrected chi connectivity index (χ1v) is 11.5. The van der Waals surface area contributed by atoms with E-state index in [0.29, 0.717) is 17.0 Å². The van der Waals surface area contributed by atoms with E-state index in [1.807, 2.05) is 24.3 Å². The zero-order valence-electron chi connectivity index (χ0n) is 17.0. The summed E-state index contributed by atoms with van der Waals surface area (Å²) in [5, 5.41) is 16.1. The third-order valence-electron chi connectivity index (χ3n) is 4.55. The van der Waals surface area contributed by atoms with Crippen molar-refractivity contribution < 1.29 is 9.21 Å². The summed E-state index contributed by atoms with van der Waals surface area (Å²) in [6, 6.07) is 14.9. The second-order valence-corrected chi connectivity index (χ2v) is 8.98. The molecule has 4 aromatic rings. The first kappa shape index (κ1) is 21.1. The monoisotopic (exact) mass is 452 g/mol. The van der Waals surface area contributed by atoms with E-state index < -0.39 is 5.63 Å². The quantitative estimate of drug-likeness (QED) is 0.294. The Kier molecular flexibility index (Phi) is 6.34. The number of para-hydroxylation sites is 1. The molecule has 0 fully saturated rings. The molecule has 0 aliphatic rings. The molecule has 0 radical (unpaired) electrons. The number of hydrogen-bond donors (Lipinski definition) is 2. The maximum Gasteiger partial charge on any atom is 0.336 e. The molecule has 0 aliphatic heterocycles. The molecule has 158 valence electrons. The molecular formula is C22H20N4O3S2. The molecule has 0 spiro atoms. The van der Waals surface area contributed by atoms with Crippen molar-refractivity contribution in [2.75, 3.05) is 10.6 Å². The fourth-order valence-electron chi connectivity index (χ4n) is 3.15. The molecule has 9 heteroatoms. The van der Waals surface area contributed by atoms with Crippen molar-refractivity contribution in [1.29, 1.82) is 0 Å². The van der Waals surface area contributed by atoms with Crippen molar-refractivity contribution in [2.24, 2.45) is 0 Å². The van der Waals surface area contributed by atoms with E-state index >= 15 is 0 Å². The minimum absolute atomic E-state index is 0.185. The van der Waals surface area contributed by atoms with Gasteiger partial charge in [0.1, 0.15) is 5.58 Å². The molecule has 4 rings (SSSR count). The standard InChI is InChI=1S/C22H20N4O3S2/c1-3-14-6-4-5-7-18(14)24-21-25-26-22(31-21)30-12-15-10-20(28)29-19-11-16(23-13(2)27)8-9-17(15)19/h4-11H,3,12H2,1-2H3,(H,23,27)(H,24,25). The number of nitrogens with one attached hydrogen (secondary N) is 2. The molecule has 2 N–H and O–H groups in total. The highest BCUT2D eigenvalue weighted by Crippen LogP contribution is 2.32. The number of nitrogens with zero attached hydrogens (tertiary/aromatic N) is 2. The molecule has 0 unspecified atom stereocenters. The van der Waals surface area contributed by atoms with Crippen LogP contribution in [0.3, 0.4) is 0 Å². The van der Waals surface area contributed by atoms with Crippen molar-refractivity contribution in [3.63, 3.8) is 0 Å². The van der Waals surface area contributed by atoms with Crippen LogP contribution in [0.1, 0.15) is 25.0 Å². The zero-order chi connectivity index (χ0) is 21.8. The van der Waals surface area contributed by atoms with Crippen LogP contribution >= 0.6 is 23.1 Å². The van der Waals surface area contributed by atoms with Crippen LogP contribution in [0, 0.1) is 0 Å². The molecular weight excluding hydrogens is 432 g/mol. The highest BCUT2D eigenvalue weighted by Gasteiger charge is 2.11. The Balaban J connectivity index is 1.50. The normalized spacial score (nSPS) is 10.9. The smallest absolute Gasteiger partial charge is 0.336 e. The molecule has 0 bridgehead atoms. The number of fused-ring (bicyclic) bond motifs is 1. The van der Waals surface area contributed by atoms with Gasteiger partial charge in [-0.3, -0.25) is 4.79 Å². The lowest BCUT2D eigenvalue weighted by Gasteiger charge is -2.07. The van der Waals surface area contributed by atoms with Crippen molar-refractivity contribution in [1.82, 2.24) is 10.2 Å². The maximum atomic E-state index is 12.0. The Morgan fingerprint density at radius 3 is 2.77 bits per heavy atom. The molecule has 7 nitrogen and oxygen atoms in total. The molecule has 2 aromatic heterocycles. The summed E-state index contributed by atoms with van der Waals surface area (Å²) in [6.45, 7) is 3.54. The first-order chi connectivity index (χ1) is 15.0. The van der Waals surface area contributed by atoms with Crippen molar-refractivity contribution in [3.05, 3.63) is 70.1 Å². The van der Waals surface area contributed by atoms with Gasteiger partial charge in [-0.15, -0.1) is 10.2 Å². The van der Waals surface area contributed by atoms with E-state index in [0.717, 1.165) is 32.5 Å². The largest absolute Gasteiger partial charge is 0.423 e. The predicted octanol–water partition coefficient (Wildman–Crippen LogP) is 5.20. The number of carbonyl (C=O) groups excluding carboxylic acids is 1. The summed E-state index contributed by atoms with van der Waals surface area (Å²) in [4.78, 5) is 23.3. The minimum Gasteiger partial charge on any atom is -0.423 e. The SMILES string of the molecule is CCc1ccccc1Nc1nnc(SCc2cc(=O)oc3cc(NC(C)=O)ccc23)s1. The van der Waals surface area contributed by atoms with E-state index in [2.05, 4.69) is 33.8 Å². The van der Waals surface area contributed by atoms with E-state index in [9.17, 15) is 9.59 Å². The lowest BCUT2D eigenvalue weighted by Crippen LogP contribution is -2.06. The van der Waals surface area contributed by atoms with Gasteiger partial charge >= 0.3 is 5.63 Å². The molecule has 1 amide bonds. The highest BCUT2D eigenvalue weighted by atomic mass is 32.2. The zero-order valence-corrected chi connectivity index (χ0v) is 18.6. The molecule has 0 saturated heterocycles. The summed E-state index contributed by atoms with van der Waals surface area (Å²) in [5.41, 5.74) is 3.67. The van der Waals surface area contributed by atoms with E-state index in [1.54, 1.807) is 12.1 Å². The van der Waals surface area contributed by atoms with Crippen LogP contribution in [0.2, 0.25) is 0 Å². The van der Waals surface area contributed by atoms with E-state index in [-0.39, 0.29) is 5.91 Å². The number of amides is 1. The molecule has 0 aliphatic carbocycles. The molecule has 2 heterocycles. The van der Waals surface area contributed by atoms with Gasteiger partial charge in [0.25, 0.3) is 0 Å². The van der Waals surface area contributed by atoms with Gasteiger partial charge in [0.15, 0.2) is 4.34 Å². The summed E-state index contributed by atoms with van der Waals surface area (Å²) in [6.07, 6.45) is 0.927. The highest BCUT2D eigenvalue weighted by molar-refractivity contribution is 8.00. The Labute approximate surface area is 186 Å². The van der Waals surface area contributed by atoms with Gasteiger partial charge in [0.2, 0.25) is 11.0 Å². The van der Waals surface area contributed by atoms with Crippen molar-refractivity contribution >= 4 is 56.5 Å². The van der Waals surface area contributed by atoms with Crippen LogP contribution in [-0.2, 0) is 17.0 Å². The van der Waals surface area contributed by atoms with Gasteiger partial charge in [-0.25, -0.2) is 4.79 Å². The molecule has 0 atom stereocenters. The van der Waals surface area contributed by atoms with Crippen LogP contribution in [0.15, 0.2) is 62.1 Å². The Morgan fingerprint density at radius 2 is 1.97 bits per heavy atom. The van der Waals surface area contributed by atoms with Gasteiger partial charge in [-0.2, -0.15) is 0 Å². The van der Waals surface area contributed by atoms with Gasteiger partial charge in [-0.1, -0.05) is 48.2 Å². The Hall–Kier alpha value is -3.17. The second kappa shape index (κ2) is 9.32. The first-order valence-electron chi connectivity index (χ1n) is 9.67. The summed E-state index contributed by atoms with van der Waals surface area (Å²) in [7, 11) is 0. The molecule has 2 aromatic carbocycles. The van der Waals surface area contributed by atoms with Crippen LogP contribution in [0.4, 0.5) is 16.5 Å². The van der Waals surface area contributed by atoms with Gasteiger partial charge in [-0.05, 0) is 35.7 Å². The number of anilines is 3. The lowest BCUT2D eigenvalue weighted by atomic mass is 10.1. The average Bonchev–Trinajstić information content (AvgIpc) is 3.19. The van der Waals surface area contributed by atoms with Gasteiger partial charge in [0, 0.05) is 41.6 Å². The van der Waals surface area contributed by atoms with Crippen molar-refractivity contribution in [3.8, 4) is 0 Å². The van der Waals surface area contributed by atoms with Crippen LogP contribution < -0.4 is 16.3 Å². The number of benzene rings is 2. The topological polar surface area (TPSA) is 97.1 Å². The van der Waals surface area contributed by atoms with E-state index in [4.69, 9.17) is 4.42 Å². The van der Waals surface area contributed by atoms with Crippen LogP contribution in [0.5, 0.6) is 0 Å². The molecule has 0 saturated carbocycles. The summed E-state index contributed by atoms with van der Waals surface area (Å²) >= 11 is 2.97. The maximum absolute atomic E-state index is 12.0.